The maximum Gasteiger partial charge on any atom is 0.251 e. The van der Waals surface area contributed by atoms with Crippen LogP contribution in [0.4, 0.5) is 10.8 Å². The molecule has 0 aliphatic heterocycles. The Bertz CT molecular complexity index is 1210. The quantitative estimate of drug-likeness (QED) is 0.404. The monoisotopic (exact) mass is 430 g/mol. The summed E-state index contributed by atoms with van der Waals surface area (Å²) in [6.45, 7) is -0.169. The van der Waals surface area contributed by atoms with Gasteiger partial charge in [-0.05, 0) is 48.0 Å². The standard InChI is InChI=1S/C22H18N6O2S/c23-18-3-1-15(2-4-18)21(30)26-12-20(29)28-22-27-19(13-31-22)17-9-16(10-25-11-17)14-5-7-24-8-6-14/h1-11,13H,12,23H2,(H,26,30)(H,27,28,29). The molecule has 0 radical (unpaired) electrons. The molecule has 0 aliphatic rings. The van der Waals surface area contributed by atoms with Crippen LogP contribution in [0.3, 0.4) is 0 Å². The number of rotatable bonds is 6. The number of nitrogen functional groups attached to an aromatic ring is 1. The zero-order valence-corrected chi connectivity index (χ0v) is 17.1. The molecular weight excluding hydrogens is 412 g/mol. The molecule has 4 N–H and O–H groups in total. The smallest absolute Gasteiger partial charge is 0.251 e. The molecule has 3 heterocycles. The number of hydrogen-bond acceptors (Lipinski definition) is 7. The van der Waals surface area contributed by atoms with Crippen LogP contribution in [-0.2, 0) is 4.79 Å². The fourth-order valence-corrected chi connectivity index (χ4v) is 3.54. The Labute approximate surface area is 182 Å². The van der Waals surface area contributed by atoms with E-state index in [4.69, 9.17) is 5.73 Å². The number of anilines is 2. The van der Waals surface area contributed by atoms with Gasteiger partial charge in [-0.2, -0.15) is 0 Å². The SMILES string of the molecule is Nc1ccc(C(=O)NCC(=O)Nc2nc(-c3cncc(-c4ccncc4)c3)cs2)cc1. The van der Waals surface area contributed by atoms with E-state index in [0.29, 0.717) is 22.1 Å². The molecular formula is C22H18N6O2S. The molecule has 31 heavy (non-hydrogen) atoms. The highest BCUT2D eigenvalue weighted by molar-refractivity contribution is 7.14. The van der Waals surface area contributed by atoms with Crippen molar-refractivity contribution in [3.05, 3.63) is 78.2 Å². The lowest BCUT2D eigenvalue weighted by molar-refractivity contribution is -0.115. The number of nitrogens with one attached hydrogen (secondary N) is 2. The molecule has 0 saturated heterocycles. The van der Waals surface area contributed by atoms with Crippen molar-refractivity contribution in [3.8, 4) is 22.4 Å². The average molecular weight is 430 g/mol. The van der Waals surface area contributed by atoms with E-state index in [1.165, 1.54) is 11.3 Å². The molecule has 4 rings (SSSR count). The first-order valence-electron chi connectivity index (χ1n) is 9.33. The molecule has 154 valence electrons. The number of carbonyl (C=O) groups is 2. The third-order valence-electron chi connectivity index (χ3n) is 4.38. The average Bonchev–Trinajstić information content (AvgIpc) is 3.27. The van der Waals surface area contributed by atoms with Crippen LogP contribution in [0.5, 0.6) is 0 Å². The van der Waals surface area contributed by atoms with Crippen molar-refractivity contribution in [2.24, 2.45) is 0 Å². The van der Waals surface area contributed by atoms with Crippen molar-refractivity contribution in [3.63, 3.8) is 0 Å². The van der Waals surface area contributed by atoms with Crippen molar-refractivity contribution in [2.75, 3.05) is 17.6 Å². The fourth-order valence-electron chi connectivity index (χ4n) is 2.81. The molecule has 9 heteroatoms. The summed E-state index contributed by atoms with van der Waals surface area (Å²) in [5.74, 6) is -0.720. The van der Waals surface area contributed by atoms with Crippen LogP contribution in [0.15, 0.2) is 72.6 Å². The van der Waals surface area contributed by atoms with Gasteiger partial charge in [0.05, 0.1) is 12.2 Å². The molecule has 1 aromatic carbocycles. The summed E-state index contributed by atoms with van der Waals surface area (Å²) in [7, 11) is 0. The number of aromatic nitrogens is 3. The van der Waals surface area contributed by atoms with Gasteiger partial charge in [0, 0.05) is 52.5 Å². The second kappa shape index (κ2) is 9.14. The Morgan fingerprint density at radius 1 is 0.935 bits per heavy atom. The minimum atomic E-state index is -0.367. The lowest BCUT2D eigenvalue weighted by atomic mass is 10.1. The largest absolute Gasteiger partial charge is 0.399 e. The summed E-state index contributed by atoms with van der Waals surface area (Å²) >= 11 is 1.30. The van der Waals surface area contributed by atoms with Gasteiger partial charge in [0.25, 0.3) is 5.91 Å². The van der Waals surface area contributed by atoms with E-state index in [9.17, 15) is 9.59 Å². The predicted molar refractivity (Wildman–Crippen MR) is 120 cm³/mol. The van der Waals surface area contributed by atoms with E-state index in [1.807, 2.05) is 23.6 Å². The molecule has 0 unspecified atom stereocenters. The number of amides is 2. The van der Waals surface area contributed by atoms with Crippen molar-refractivity contribution in [1.29, 1.82) is 0 Å². The van der Waals surface area contributed by atoms with Gasteiger partial charge in [-0.3, -0.25) is 19.6 Å². The first kappa shape index (κ1) is 20.2. The second-order valence-corrected chi connectivity index (χ2v) is 7.45. The number of thiazole rings is 1. The summed E-state index contributed by atoms with van der Waals surface area (Å²) in [4.78, 5) is 37.1. The minimum Gasteiger partial charge on any atom is -0.399 e. The van der Waals surface area contributed by atoms with Gasteiger partial charge in [-0.25, -0.2) is 4.98 Å². The zero-order chi connectivity index (χ0) is 21.6. The molecule has 0 atom stereocenters. The summed E-state index contributed by atoms with van der Waals surface area (Å²) < 4.78 is 0. The number of hydrogen-bond donors (Lipinski definition) is 3. The van der Waals surface area contributed by atoms with Crippen LogP contribution >= 0.6 is 11.3 Å². The second-order valence-electron chi connectivity index (χ2n) is 6.59. The van der Waals surface area contributed by atoms with Crippen LogP contribution < -0.4 is 16.4 Å². The molecule has 0 bridgehead atoms. The van der Waals surface area contributed by atoms with Crippen molar-refractivity contribution >= 4 is 34.0 Å². The Kier molecular flexibility index (Phi) is 5.95. The van der Waals surface area contributed by atoms with Gasteiger partial charge < -0.3 is 16.4 Å². The molecule has 0 aliphatic carbocycles. The zero-order valence-electron chi connectivity index (χ0n) is 16.3. The van der Waals surface area contributed by atoms with Crippen LogP contribution in [0.2, 0.25) is 0 Å². The van der Waals surface area contributed by atoms with Crippen molar-refractivity contribution < 1.29 is 9.59 Å². The van der Waals surface area contributed by atoms with E-state index in [-0.39, 0.29) is 18.4 Å². The summed E-state index contributed by atoms with van der Waals surface area (Å²) in [6, 6.07) is 12.3. The van der Waals surface area contributed by atoms with Gasteiger partial charge in [0.1, 0.15) is 0 Å². The number of carbonyl (C=O) groups excluding carboxylic acids is 2. The first-order valence-corrected chi connectivity index (χ1v) is 10.2. The summed E-state index contributed by atoms with van der Waals surface area (Å²) in [5, 5.41) is 7.56. The number of nitrogens with two attached hydrogens (primary N) is 1. The lowest BCUT2D eigenvalue weighted by Gasteiger charge is -2.05. The van der Waals surface area contributed by atoms with E-state index >= 15 is 0 Å². The van der Waals surface area contributed by atoms with Crippen LogP contribution in [0.1, 0.15) is 10.4 Å². The van der Waals surface area contributed by atoms with Gasteiger partial charge in [0.15, 0.2) is 5.13 Å². The van der Waals surface area contributed by atoms with E-state index < -0.39 is 0 Å². The Hall–Kier alpha value is -4.11. The third kappa shape index (κ3) is 5.09. The fraction of sp³-hybridized carbons (Fsp3) is 0.0455. The van der Waals surface area contributed by atoms with E-state index in [2.05, 4.69) is 25.6 Å². The third-order valence-corrected chi connectivity index (χ3v) is 5.14. The minimum absolute atomic E-state index is 0.169. The Morgan fingerprint density at radius 3 is 2.45 bits per heavy atom. The molecule has 0 fully saturated rings. The molecule has 2 amide bonds. The van der Waals surface area contributed by atoms with Crippen LogP contribution in [0, 0.1) is 0 Å². The number of benzene rings is 1. The molecule has 0 saturated carbocycles. The number of pyridine rings is 2. The molecule has 3 aromatic heterocycles. The van der Waals surface area contributed by atoms with Crippen LogP contribution in [-0.4, -0.2) is 33.3 Å². The van der Waals surface area contributed by atoms with Crippen molar-refractivity contribution in [1.82, 2.24) is 20.3 Å². The van der Waals surface area contributed by atoms with E-state index in [0.717, 1.165) is 16.7 Å². The van der Waals surface area contributed by atoms with Gasteiger partial charge in [-0.1, -0.05) is 0 Å². The van der Waals surface area contributed by atoms with Crippen molar-refractivity contribution in [2.45, 2.75) is 0 Å². The highest BCUT2D eigenvalue weighted by Crippen LogP contribution is 2.27. The molecule has 8 nitrogen and oxygen atoms in total. The Morgan fingerprint density at radius 2 is 1.68 bits per heavy atom. The van der Waals surface area contributed by atoms with Gasteiger partial charge in [-0.15, -0.1) is 11.3 Å². The van der Waals surface area contributed by atoms with E-state index in [1.54, 1.807) is 49.1 Å². The van der Waals surface area contributed by atoms with Gasteiger partial charge >= 0.3 is 0 Å². The maximum atomic E-state index is 12.2. The maximum absolute atomic E-state index is 12.2. The molecule has 4 aromatic rings. The Balaban J connectivity index is 1.37. The topological polar surface area (TPSA) is 123 Å². The highest BCUT2D eigenvalue weighted by atomic mass is 32.1. The molecule has 0 spiro atoms. The predicted octanol–water partition coefficient (Wildman–Crippen LogP) is 3.22. The van der Waals surface area contributed by atoms with Crippen LogP contribution in [0.25, 0.3) is 22.4 Å². The normalized spacial score (nSPS) is 10.5. The highest BCUT2D eigenvalue weighted by Gasteiger charge is 2.11. The van der Waals surface area contributed by atoms with Gasteiger partial charge in [0.2, 0.25) is 5.91 Å². The summed E-state index contributed by atoms with van der Waals surface area (Å²) in [6.07, 6.45) is 6.95. The lowest BCUT2D eigenvalue weighted by Crippen LogP contribution is -2.32. The first-order chi connectivity index (χ1) is 15.1. The summed E-state index contributed by atoms with van der Waals surface area (Å²) in [5.41, 5.74) is 10.1. The number of nitrogens with zero attached hydrogens (tertiary/aromatic N) is 3.